The molecule has 3 heteroatoms. The Balaban J connectivity index is 1.82. The van der Waals surface area contributed by atoms with Crippen LogP contribution >= 0.6 is 0 Å². The quantitative estimate of drug-likeness (QED) is 0.810. The van der Waals surface area contributed by atoms with Crippen molar-refractivity contribution in [1.29, 1.82) is 0 Å². The highest BCUT2D eigenvalue weighted by Gasteiger charge is 2.07. The van der Waals surface area contributed by atoms with E-state index in [0.717, 1.165) is 12.8 Å². The van der Waals surface area contributed by atoms with E-state index in [-0.39, 0.29) is 5.75 Å². The first-order valence-electron chi connectivity index (χ1n) is 6.81. The Hall–Kier alpha value is -1.87. The van der Waals surface area contributed by atoms with Gasteiger partial charge >= 0.3 is 0 Å². The van der Waals surface area contributed by atoms with Crippen LogP contribution in [0.2, 0.25) is 0 Å². The molecule has 2 aromatic rings. The largest absolute Gasteiger partial charge is 0.491 e. The molecule has 106 valence electrons. The van der Waals surface area contributed by atoms with Gasteiger partial charge < -0.3 is 9.84 Å². The molecule has 0 bridgehead atoms. The third-order valence-corrected chi connectivity index (χ3v) is 3.15. The van der Waals surface area contributed by atoms with E-state index >= 15 is 0 Å². The topological polar surface area (TPSA) is 29.5 Å². The first kappa shape index (κ1) is 14.5. The lowest BCUT2D eigenvalue weighted by Crippen LogP contribution is -2.02. The van der Waals surface area contributed by atoms with Gasteiger partial charge in [0.05, 0.1) is 12.7 Å². The summed E-state index contributed by atoms with van der Waals surface area (Å²) in [4.78, 5) is 0. The first-order chi connectivity index (χ1) is 9.66. The van der Waals surface area contributed by atoms with Crippen LogP contribution in [0.5, 0.6) is 5.75 Å². The molecule has 0 unspecified atom stereocenters. The van der Waals surface area contributed by atoms with Gasteiger partial charge in [-0.05, 0) is 43.0 Å². The van der Waals surface area contributed by atoms with Gasteiger partial charge in [0.15, 0.2) is 11.6 Å². The van der Waals surface area contributed by atoms with Crippen LogP contribution in [0.1, 0.15) is 30.6 Å². The Morgan fingerprint density at radius 2 is 1.90 bits per heavy atom. The zero-order valence-electron chi connectivity index (χ0n) is 11.6. The molecule has 0 aliphatic heterocycles. The van der Waals surface area contributed by atoms with E-state index in [1.54, 1.807) is 19.1 Å². The molecule has 1 N–H and O–H groups in total. The van der Waals surface area contributed by atoms with E-state index in [0.29, 0.717) is 12.2 Å². The maximum Gasteiger partial charge on any atom is 0.165 e. The van der Waals surface area contributed by atoms with Gasteiger partial charge in [0.25, 0.3) is 0 Å². The summed E-state index contributed by atoms with van der Waals surface area (Å²) in [5.74, 6) is -0.189. The molecule has 2 aromatic carbocycles. The number of aliphatic hydroxyl groups excluding tert-OH is 1. The molecule has 0 spiro atoms. The van der Waals surface area contributed by atoms with Crippen molar-refractivity contribution in [2.75, 3.05) is 6.61 Å². The Labute approximate surface area is 118 Å². The van der Waals surface area contributed by atoms with E-state index in [9.17, 15) is 9.50 Å². The van der Waals surface area contributed by atoms with E-state index in [1.165, 1.54) is 11.6 Å². The second kappa shape index (κ2) is 7.06. The predicted molar refractivity (Wildman–Crippen MR) is 77.3 cm³/mol. The molecule has 0 aliphatic rings. The lowest BCUT2D eigenvalue weighted by Gasteiger charge is -2.10. The van der Waals surface area contributed by atoms with Gasteiger partial charge in [-0.15, -0.1) is 0 Å². The third-order valence-electron chi connectivity index (χ3n) is 3.15. The zero-order valence-corrected chi connectivity index (χ0v) is 11.6. The molecule has 1 atom stereocenters. The normalized spacial score (nSPS) is 12.2. The van der Waals surface area contributed by atoms with Crippen LogP contribution in [0.4, 0.5) is 4.39 Å². The van der Waals surface area contributed by atoms with Crippen LogP contribution in [0.3, 0.4) is 0 Å². The molecule has 0 radical (unpaired) electrons. The van der Waals surface area contributed by atoms with Crippen molar-refractivity contribution in [3.8, 4) is 5.75 Å². The summed E-state index contributed by atoms with van der Waals surface area (Å²) in [6.45, 7) is 2.08. The molecule has 20 heavy (non-hydrogen) atoms. The SMILES string of the molecule is C[C@H](O)c1ccc(OCCCc2ccccc2)c(F)c1. The highest BCUT2D eigenvalue weighted by atomic mass is 19.1. The Morgan fingerprint density at radius 3 is 2.55 bits per heavy atom. The second-order valence-electron chi connectivity index (χ2n) is 4.80. The standard InChI is InChI=1S/C17H19FO2/c1-13(19)15-9-10-17(16(18)12-15)20-11-5-8-14-6-3-2-4-7-14/h2-4,6-7,9-10,12-13,19H,5,8,11H2,1H3/t13-/m0/s1. The van der Waals surface area contributed by atoms with Crippen LogP contribution in [-0.2, 0) is 6.42 Å². The summed E-state index contributed by atoms with van der Waals surface area (Å²) >= 11 is 0. The number of hydrogen-bond acceptors (Lipinski definition) is 2. The molecular weight excluding hydrogens is 255 g/mol. The molecule has 0 fully saturated rings. The molecule has 0 saturated heterocycles. The smallest absolute Gasteiger partial charge is 0.165 e. The van der Waals surface area contributed by atoms with Crippen molar-refractivity contribution in [2.45, 2.75) is 25.9 Å². The molecule has 0 aliphatic carbocycles. The number of aryl methyl sites for hydroxylation is 1. The van der Waals surface area contributed by atoms with Gasteiger partial charge in [-0.3, -0.25) is 0 Å². The van der Waals surface area contributed by atoms with Crippen molar-refractivity contribution < 1.29 is 14.2 Å². The van der Waals surface area contributed by atoms with Crippen molar-refractivity contribution in [3.63, 3.8) is 0 Å². The van der Waals surface area contributed by atoms with Crippen LogP contribution in [0.15, 0.2) is 48.5 Å². The summed E-state index contributed by atoms with van der Waals surface area (Å²) in [6, 6.07) is 14.7. The van der Waals surface area contributed by atoms with Crippen LogP contribution < -0.4 is 4.74 Å². The lowest BCUT2D eigenvalue weighted by molar-refractivity contribution is 0.198. The fraction of sp³-hybridized carbons (Fsp3) is 0.294. The average molecular weight is 274 g/mol. The minimum Gasteiger partial charge on any atom is -0.491 e. The minimum absolute atomic E-state index is 0.238. The molecule has 2 rings (SSSR count). The number of hydrogen-bond donors (Lipinski definition) is 1. The van der Waals surface area contributed by atoms with Crippen molar-refractivity contribution in [1.82, 2.24) is 0 Å². The number of halogens is 1. The number of aliphatic hydroxyl groups is 1. The monoisotopic (exact) mass is 274 g/mol. The molecular formula is C17H19FO2. The summed E-state index contributed by atoms with van der Waals surface area (Å²) in [5.41, 5.74) is 1.81. The maximum absolute atomic E-state index is 13.7. The summed E-state index contributed by atoms with van der Waals surface area (Å²) in [5, 5.41) is 9.37. The van der Waals surface area contributed by atoms with Crippen molar-refractivity contribution >= 4 is 0 Å². The van der Waals surface area contributed by atoms with Gasteiger partial charge in [0.1, 0.15) is 0 Å². The van der Waals surface area contributed by atoms with Gasteiger partial charge in [-0.25, -0.2) is 4.39 Å². The van der Waals surface area contributed by atoms with Crippen molar-refractivity contribution in [3.05, 3.63) is 65.5 Å². The van der Waals surface area contributed by atoms with Gasteiger partial charge in [0.2, 0.25) is 0 Å². The predicted octanol–water partition coefficient (Wildman–Crippen LogP) is 3.89. The zero-order chi connectivity index (χ0) is 14.4. The number of benzene rings is 2. The molecule has 0 aromatic heterocycles. The van der Waals surface area contributed by atoms with Gasteiger partial charge in [-0.2, -0.15) is 0 Å². The van der Waals surface area contributed by atoms with Crippen molar-refractivity contribution in [2.24, 2.45) is 0 Å². The third kappa shape index (κ3) is 4.07. The van der Waals surface area contributed by atoms with E-state index in [2.05, 4.69) is 12.1 Å². The molecule has 2 nitrogen and oxygen atoms in total. The summed E-state index contributed by atoms with van der Waals surface area (Å²) in [6.07, 6.45) is 1.08. The fourth-order valence-corrected chi connectivity index (χ4v) is 2.00. The highest BCUT2D eigenvalue weighted by molar-refractivity contribution is 5.30. The Morgan fingerprint density at radius 1 is 1.15 bits per heavy atom. The van der Waals surface area contributed by atoms with Gasteiger partial charge in [-0.1, -0.05) is 36.4 Å². The molecule has 0 amide bonds. The second-order valence-corrected chi connectivity index (χ2v) is 4.80. The molecule has 0 heterocycles. The lowest BCUT2D eigenvalue weighted by atomic mass is 10.1. The fourth-order valence-electron chi connectivity index (χ4n) is 2.00. The van der Waals surface area contributed by atoms with E-state index in [4.69, 9.17) is 4.74 Å². The maximum atomic E-state index is 13.7. The first-order valence-corrected chi connectivity index (χ1v) is 6.81. The number of ether oxygens (including phenoxy) is 1. The summed E-state index contributed by atoms with van der Waals surface area (Å²) < 4.78 is 19.2. The Bertz CT molecular complexity index is 538. The van der Waals surface area contributed by atoms with E-state index in [1.807, 2.05) is 18.2 Å². The highest BCUT2D eigenvalue weighted by Crippen LogP contribution is 2.22. The number of rotatable bonds is 6. The summed E-state index contributed by atoms with van der Waals surface area (Å²) in [7, 11) is 0. The van der Waals surface area contributed by atoms with Crippen LogP contribution in [-0.4, -0.2) is 11.7 Å². The Kier molecular flexibility index (Phi) is 5.13. The van der Waals surface area contributed by atoms with Gasteiger partial charge in [0, 0.05) is 0 Å². The minimum atomic E-state index is -0.670. The van der Waals surface area contributed by atoms with Crippen LogP contribution in [0, 0.1) is 5.82 Å². The van der Waals surface area contributed by atoms with E-state index < -0.39 is 11.9 Å². The molecule has 0 saturated carbocycles. The van der Waals surface area contributed by atoms with Crippen LogP contribution in [0.25, 0.3) is 0 Å². The average Bonchev–Trinajstić information content (AvgIpc) is 2.46.